The van der Waals surface area contributed by atoms with Crippen LogP contribution >= 0.6 is 0 Å². The van der Waals surface area contributed by atoms with Crippen LogP contribution in [0.2, 0.25) is 0 Å². The van der Waals surface area contributed by atoms with Crippen LogP contribution < -0.4 is 0 Å². The van der Waals surface area contributed by atoms with Gasteiger partial charge in [-0.2, -0.15) is 0 Å². The van der Waals surface area contributed by atoms with Crippen LogP contribution in [0.15, 0.2) is 79.4 Å². The molecular weight excluding hydrogens is 294 g/mol. The molecule has 0 aromatic heterocycles. The fraction of sp³-hybridized carbons (Fsp3) is 0.273. The summed E-state index contributed by atoms with van der Waals surface area (Å²) in [6, 6.07) is 21.3. The minimum absolute atomic E-state index is 0.0170. The highest BCUT2D eigenvalue weighted by atomic mass is 16.5. The Morgan fingerprint density at radius 2 is 1.67 bits per heavy atom. The van der Waals surface area contributed by atoms with Crippen molar-refractivity contribution in [2.45, 2.75) is 25.3 Å². The number of nitrogens with zero attached hydrogens (tertiary/aromatic N) is 1. The minimum Gasteiger partial charge on any atom is -0.311 e. The van der Waals surface area contributed by atoms with Crippen LogP contribution in [0.25, 0.3) is 6.08 Å². The number of likely N-dealkylation sites (N-methyl/N-ethyl adjacent to an activating group) is 1. The zero-order chi connectivity index (χ0) is 17.0. The molecule has 0 spiro atoms. The zero-order valence-electron chi connectivity index (χ0n) is 14.5. The third kappa shape index (κ3) is 3.21. The van der Waals surface area contributed by atoms with Crippen molar-refractivity contribution in [3.63, 3.8) is 0 Å². The number of quaternary nitrogens is 1. The predicted octanol–water partition coefficient (Wildman–Crippen LogP) is 4.82. The molecule has 2 aromatic rings. The highest BCUT2D eigenvalue weighted by Crippen LogP contribution is 2.40. The molecule has 3 rings (SSSR count). The summed E-state index contributed by atoms with van der Waals surface area (Å²) in [5.41, 5.74) is 2.44. The average molecular weight is 320 g/mol. The second-order valence-corrected chi connectivity index (χ2v) is 6.69. The number of ether oxygens (including phenoxy) is 1. The van der Waals surface area contributed by atoms with Gasteiger partial charge in [0.2, 0.25) is 6.23 Å². The van der Waals surface area contributed by atoms with Gasteiger partial charge in [-0.3, -0.25) is 4.48 Å². The Labute approximate surface area is 145 Å². The van der Waals surface area contributed by atoms with E-state index in [0.717, 1.165) is 11.0 Å². The molecule has 0 saturated carbocycles. The zero-order valence-corrected chi connectivity index (χ0v) is 14.5. The van der Waals surface area contributed by atoms with Gasteiger partial charge < -0.3 is 4.74 Å². The number of benzene rings is 2. The molecule has 0 bridgehead atoms. The SMILES string of the molecule is C=CC[N@@+]1(C)[C@H](/C=C/c2ccccc2)O[C@H](c2ccccc2)[C@@H]1C. The molecule has 1 saturated heterocycles. The van der Waals surface area contributed by atoms with Crippen molar-refractivity contribution in [3.05, 3.63) is 90.5 Å². The lowest BCUT2D eigenvalue weighted by molar-refractivity contribution is -0.940. The van der Waals surface area contributed by atoms with Crippen molar-refractivity contribution < 1.29 is 9.22 Å². The first-order chi connectivity index (χ1) is 11.6. The summed E-state index contributed by atoms with van der Waals surface area (Å²) in [6.07, 6.45) is 6.46. The van der Waals surface area contributed by atoms with Gasteiger partial charge in [-0.05, 0) is 24.1 Å². The molecule has 1 aliphatic rings. The van der Waals surface area contributed by atoms with E-state index in [4.69, 9.17) is 4.74 Å². The molecule has 1 fully saturated rings. The minimum atomic E-state index is 0.0170. The van der Waals surface area contributed by atoms with Gasteiger partial charge >= 0.3 is 0 Å². The molecule has 0 radical (unpaired) electrons. The number of rotatable bonds is 5. The van der Waals surface area contributed by atoms with Crippen molar-refractivity contribution in [2.24, 2.45) is 0 Å². The topological polar surface area (TPSA) is 9.23 Å². The Balaban J connectivity index is 1.89. The van der Waals surface area contributed by atoms with Gasteiger partial charge in [0, 0.05) is 6.08 Å². The first kappa shape index (κ1) is 16.7. The van der Waals surface area contributed by atoms with Gasteiger partial charge in [-0.1, -0.05) is 73.3 Å². The van der Waals surface area contributed by atoms with Crippen LogP contribution in [0.5, 0.6) is 0 Å². The van der Waals surface area contributed by atoms with Crippen molar-refractivity contribution in [1.29, 1.82) is 0 Å². The van der Waals surface area contributed by atoms with E-state index in [0.29, 0.717) is 6.04 Å². The van der Waals surface area contributed by atoms with Crippen LogP contribution in [0.3, 0.4) is 0 Å². The predicted molar refractivity (Wildman–Crippen MR) is 100 cm³/mol. The number of hydrogen-bond donors (Lipinski definition) is 0. The highest BCUT2D eigenvalue weighted by Gasteiger charge is 2.49. The van der Waals surface area contributed by atoms with E-state index in [1.54, 1.807) is 0 Å². The van der Waals surface area contributed by atoms with Crippen LogP contribution in [0, 0.1) is 0 Å². The van der Waals surface area contributed by atoms with Crippen molar-refractivity contribution in [3.8, 4) is 0 Å². The fourth-order valence-electron chi connectivity index (χ4n) is 3.49. The fourth-order valence-corrected chi connectivity index (χ4v) is 3.49. The monoisotopic (exact) mass is 320 g/mol. The van der Waals surface area contributed by atoms with Crippen molar-refractivity contribution >= 4 is 6.08 Å². The van der Waals surface area contributed by atoms with Gasteiger partial charge in [0.15, 0.2) is 0 Å². The third-order valence-corrected chi connectivity index (χ3v) is 5.14. The molecule has 0 N–H and O–H groups in total. The van der Waals surface area contributed by atoms with E-state index >= 15 is 0 Å². The van der Waals surface area contributed by atoms with Crippen LogP contribution in [-0.4, -0.2) is 30.3 Å². The summed E-state index contributed by atoms with van der Waals surface area (Å²) in [5, 5.41) is 0. The van der Waals surface area contributed by atoms with E-state index in [-0.39, 0.29) is 12.3 Å². The molecule has 24 heavy (non-hydrogen) atoms. The average Bonchev–Trinajstić information content (AvgIpc) is 2.86. The van der Waals surface area contributed by atoms with Gasteiger partial charge in [0.25, 0.3) is 0 Å². The van der Waals surface area contributed by atoms with Crippen LogP contribution in [0.1, 0.15) is 24.2 Å². The van der Waals surface area contributed by atoms with Crippen molar-refractivity contribution in [2.75, 3.05) is 13.6 Å². The molecular formula is C22H26NO+. The molecule has 2 aromatic carbocycles. The largest absolute Gasteiger partial charge is 0.311 e. The van der Waals surface area contributed by atoms with Gasteiger partial charge in [-0.15, -0.1) is 0 Å². The molecule has 0 unspecified atom stereocenters. The standard InChI is InChI=1S/C22H26NO/c1-4-17-23(3)18(2)22(20-13-9-6-10-14-20)24-21(23)16-15-19-11-7-5-8-12-19/h4-16,18,21-22H,1,17H2,2-3H3/q+1/b16-15+/t18-,21-,22-,23+/m0/s1. The van der Waals surface area contributed by atoms with Crippen LogP contribution in [-0.2, 0) is 4.74 Å². The lowest BCUT2D eigenvalue weighted by Crippen LogP contribution is -2.52. The van der Waals surface area contributed by atoms with E-state index in [9.17, 15) is 0 Å². The number of hydrogen-bond acceptors (Lipinski definition) is 1. The molecule has 124 valence electrons. The van der Waals surface area contributed by atoms with E-state index in [1.165, 1.54) is 11.1 Å². The summed E-state index contributed by atoms with van der Waals surface area (Å²) in [6.45, 7) is 7.12. The Bertz CT molecular complexity index is 694. The highest BCUT2D eigenvalue weighted by molar-refractivity contribution is 5.49. The maximum Gasteiger partial charge on any atom is 0.214 e. The third-order valence-electron chi connectivity index (χ3n) is 5.14. The normalized spacial score (nSPS) is 29.8. The van der Waals surface area contributed by atoms with Gasteiger partial charge in [-0.25, -0.2) is 0 Å². The summed E-state index contributed by atoms with van der Waals surface area (Å²) in [4.78, 5) is 0. The molecule has 4 atom stereocenters. The second-order valence-electron chi connectivity index (χ2n) is 6.69. The lowest BCUT2D eigenvalue weighted by atomic mass is 10.0. The Morgan fingerprint density at radius 3 is 2.29 bits per heavy atom. The smallest absolute Gasteiger partial charge is 0.214 e. The molecule has 0 aliphatic carbocycles. The molecule has 1 aliphatic heterocycles. The summed E-state index contributed by atoms with van der Waals surface area (Å²) >= 11 is 0. The van der Waals surface area contributed by atoms with Crippen molar-refractivity contribution in [1.82, 2.24) is 0 Å². The quantitative estimate of drug-likeness (QED) is 0.567. The van der Waals surface area contributed by atoms with E-state index in [2.05, 4.69) is 81.2 Å². The Hall–Kier alpha value is -2.16. The molecule has 1 heterocycles. The first-order valence-electron chi connectivity index (χ1n) is 8.54. The van der Waals surface area contributed by atoms with E-state index in [1.807, 2.05) is 18.2 Å². The maximum atomic E-state index is 6.49. The summed E-state index contributed by atoms with van der Waals surface area (Å²) < 4.78 is 7.30. The molecule has 2 heteroatoms. The molecule has 2 nitrogen and oxygen atoms in total. The first-order valence-corrected chi connectivity index (χ1v) is 8.54. The summed E-state index contributed by atoms with van der Waals surface area (Å²) in [7, 11) is 2.26. The van der Waals surface area contributed by atoms with E-state index < -0.39 is 0 Å². The van der Waals surface area contributed by atoms with Gasteiger partial charge in [0.1, 0.15) is 12.1 Å². The Morgan fingerprint density at radius 1 is 1.04 bits per heavy atom. The van der Waals surface area contributed by atoms with Gasteiger partial charge in [0.05, 0.1) is 13.6 Å². The lowest BCUT2D eigenvalue weighted by Gasteiger charge is -2.36. The summed E-state index contributed by atoms with van der Waals surface area (Å²) in [5.74, 6) is 0. The Kier molecular flexibility index (Phi) is 4.98. The van der Waals surface area contributed by atoms with Crippen LogP contribution in [0.4, 0.5) is 0 Å². The second kappa shape index (κ2) is 7.16. The maximum absolute atomic E-state index is 6.49. The molecule has 0 amide bonds.